The van der Waals surface area contributed by atoms with Gasteiger partial charge < -0.3 is 18.2 Å². The Morgan fingerprint density at radius 3 is 0.429 bits per heavy atom. The fourth-order valence-electron chi connectivity index (χ4n) is 0. The Hall–Kier alpha value is 0.194. The molecule has 0 radical (unpaired) electrons. The van der Waals surface area contributed by atoms with E-state index in [-0.39, 0.29) is 21.7 Å². The molecule has 0 saturated heterocycles. The third-order valence-corrected chi connectivity index (χ3v) is 0. The van der Waals surface area contributed by atoms with Crippen molar-refractivity contribution in [1.82, 2.24) is 0 Å². The van der Waals surface area contributed by atoms with Gasteiger partial charge in [-0.1, -0.05) is 0 Å². The van der Waals surface area contributed by atoms with Crippen LogP contribution in [0.5, 0.6) is 0 Å². The summed E-state index contributed by atoms with van der Waals surface area (Å²) in [5, 5.41) is 15.1. The van der Waals surface area contributed by atoms with Gasteiger partial charge in [-0.3, -0.25) is 0 Å². The summed E-state index contributed by atoms with van der Waals surface area (Å²) >= 11 is 0. The van der Waals surface area contributed by atoms with Crippen molar-refractivity contribution in [3.63, 3.8) is 0 Å². The van der Waals surface area contributed by atoms with E-state index in [1.807, 2.05) is 0 Å². The van der Waals surface area contributed by atoms with Gasteiger partial charge in [0.25, 0.3) is 0 Å². The van der Waals surface area contributed by atoms with Gasteiger partial charge in [0.05, 0.1) is 0 Å². The first kappa shape index (κ1) is 33.0. The second kappa shape index (κ2) is 12.7. The number of hydrogen-bond acceptors (Lipinski definition) is 12. The monoisotopic (exact) mass is 432 g/mol. The molecule has 21 heteroatoms. The second-order valence-corrected chi connectivity index (χ2v) is 5.91. The Bertz CT molecular complexity index is 486. The third-order valence-electron chi connectivity index (χ3n) is 0. The van der Waals surface area contributed by atoms with Crippen molar-refractivity contribution in [2.24, 2.45) is 20.6 Å². The summed E-state index contributed by atoms with van der Waals surface area (Å²) in [6, 6.07) is 0. The molecule has 0 aromatic carbocycles. The van der Waals surface area contributed by atoms with Crippen LogP contribution in [-0.4, -0.2) is 51.9 Å². The van der Waals surface area contributed by atoms with E-state index in [0.29, 0.717) is 0 Å². The zero-order chi connectivity index (χ0) is 18.0. The molecule has 0 aliphatic rings. The summed E-state index contributed by atoms with van der Waals surface area (Å²) < 4.78 is 106. The average molecular weight is 432 g/mol. The fraction of sp³-hybridized carbons (Fsp3) is 0. The second-order valence-electron chi connectivity index (χ2n) is 1.97. The van der Waals surface area contributed by atoms with Crippen LogP contribution in [0.4, 0.5) is 0 Å². The molecule has 21 heavy (non-hydrogen) atoms. The summed E-state index contributed by atoms with van der Waals surface area (Å²) in [5.74, 6) is 0. The predicted octanol–water partition coefficient (Wildman–Crippen LogP) is -6.38. The first-order valence-corrected chi connectivity index (χ1v) is 8.83. The molecule has 8 N–H and O–H groups in total. The molecule has 16 nitrogen and oxygen atoms in total. The van der Waals surface area contributed by atoms with Crippen molar-refractivity contribution in [3.8, 4) is 0 Å². The van der Waals surface area contributed by atoms with Crippen LogP contribution in [-0.2, 0) is 62.9 Å². The molecule has 0 aromatic rings. The zero-order valence-electron chi connectivity index (χ0n) is 9.34. The van der Waals surface area contributed by atoms with Gasteiger partial charge in [-0.05, 0) is 0 Å². The van der Waals surface area contributed by atoms with E-state index in [0.717, 1.165) is 0 Å². The standard InChI is InChI=1S/4H3NO3S.Ti/c4*1-5(2,3)4;/h4*(H3,1,2,3,4);/q;;;;+4/p-4. The maximum Gasteiger partial charge on any atom is 4.00 e. The molecule has 0 unspecified atom stereocenters. The molecular weight excluding hydrogens is 424 g/mol. The Morgan fingerprint density at radius 2 is 0.429 bits per heavy atom. The molecule has 0 amide bonds. The largest absolute Gasteiger partial charge is 4.00 e. The topological polar surface area (TPSA) is 333 Å². The number of hydrogen-bond donors (Lipinski definition) is 4. The van der Waals surface area contributed by atoms with Crippen molar-refractivity contribution in [2.75, 3.05) is 0 Å². The molecule has 128 valence electrons. The van der Waals surface area contributed by atoms with E-state index in [1.54, 1.807) is 0 Å². The molecule has 0 aliphatic heterocycles. The maximum atomic E-state index is 8.85. The van der Waals surface area contributed by atoms with Crippen LogP contribution < -0.4 is 20.6 Å². The van der Waals surface area contributed by atoms with Gasteiger partial charge in [0.2, 0.25) is 0 Å². The molecule has 0 fully saturated rings. The minimum Gasteiger partial charge on any atom is -0.736 e. The molecule has 0 bridgehead atoms. The Balaban J connectivity index is -0.0000000533. The maximum absolute atomic E-state index is 8.85. The van der Waals surface area contributed by atoms with Crippen molar-refractivity contribution in [3.05, 3.63) is 0 Å². The van der Waals surface area contributed by atoms with E-state index >= 15 is 0 Å². The fourth-order valence-corrected chi connectivity index (χ4v) is 0. The van der Waals surface area contributed by atoms with Crippen LogP contribution in [0.2, 0.25) is 0 Å². The van der Waals surface area contributed by atoms with E-state index in [9.17, 15) is 0 Å². The zero-order valence-corrected chi connectivity index (χ0v) is 14.2. The Kier molecular flexibility index (Phi) is 19.9. The van der Waals surface area contributed by atoms with Gasteiger partial charge in [0.1, 0.15) is 0 Å². The van der Waals surface area contributed by atoms with Gasteiger partial charge in [0.15, 0.2) is 41.2 Å². The minimum atomic E-state index is -4.42. The van der Waals surface area contributed by atoms with Gasteiger partial charge in [-0.15, -0.1) is 0 Å². The molecule has 0 rings (SSSR count). The first-order valence-electron chi connectivity index (χ1n) is 2.94. The van der Waals surface area contributed by atoms with Crippen LogP contribution in [0.15, 0.2) is 0 Å². The van der Waals surface area contributed by atoms with Gasteiger partial charge in [-0.2, -0.15) is 0 Å². The van der Waals surface area contributed by atoms with Crippen molar-refractivity contribution in [1.29, 1.82) is 0 Å². The van der Waals surface area contributed by atoms with E-state index in [4.69, 9.17) is 51.9 Å². The quantitative estimate of drug-likeness (QED) is 0.205. The van der Waals surface area contributed by atoms with Crippen LogP contribution in [0.3, 0.4) is 0 Å². The van der Waals surface area contributed by atoms with Gasteiger partial charge in [-0.25, -0.2) is 54.2 Å². The van der Waals surface area contributed by atoms with E-state index in [2.05, 4.69) is 20.6 Å². The molecule has 0 spiro atoms. The molecule has 0 aromatic heterocycles. The average Bonchev–Trinajstić information content (AvgIpc) is 1.62. The Labute approximate surface area is 135 Å². The SMILES string of the molecule is NS(=O)(=O)[O-].NS(=O)(=O)[O-].NS(=O)(=O)[O-].NS(=O)(=O)[O-].[Ti+4]. The molecule has 0 atom stereocenters. The van der Waals surface area contributed by atoms with Gasteiger partial charge >= 0.3 is 21.7 Å². The van der Waals surface area contributed by atoms with Crippen molar-refractivity contribution >= 4 is 41.2 Å². The van der Waals surface area contributed by atoms with Crippen molar-refractivity contribution in [2.45, 2.75) is 0 Å². The normalized spacial score (nSPS) is 11.0. The van der Waals surface area contributed by atoms with Crippen LogP contribution in [0.1, 0.15) is 0 Å². The minimum absolute atomic E-state index is 0. The summed E-state index contributed by atoms with van der Waals surface area (Å²) in [6.45, 7) is 0. The molecule has 0 heterocycles. The van der Waals surface area contributed by atoms with Crippen LogP contribution in [0, 0.1) is 0 Å². The molecule has 0 saturated carbocycles. The third kappa shape index (κ3) is 177000. The van der Waals surface area contributed by atoms with E-state index in [1.165, 1.54) is 0 Å². The summed E-state index contributed by atoms with van der Waals surface area (Å²) in [7, 11) is -17.7. The number of nitrogens with two attached hydrogens (primary N) is 4. The number of rotatable bonds is 0. The summed E-state index contributed by atoms with van der Waals surface area (Å²) in [5.41, 5.74) is 0. The first-order chi connectivity index (χ1) is 8.00. The predicted molar refractivity (Wildman–Crippen MR) is 55.5 cm³/mol. The summed E-state index contributed by atoms with van der Waals surface area (Å²) in [4.78, 5) is 0. The molecule has 0 aliphatic carbocycles. The van der Waals surface area contributed by atoms with Crippen LogP contribution in [0.25, 0.3) is 0 Å². The van der Waals surface area contributed by atoms with Crippen molar-refractivity contribution < 1.29 is 73.6 Å². The smallest absolute Gasteiger partial charge is 0.736 e. The summed E-state index contributed by atoms with van der Waals surface area (Å²) in [6.07, 6.45) is 0. The Morgan fingerprint density at radius 1 is 0.429 bits per heavy atom. The molecular formula is H8N4O12S4Ti. The van der Waals surface area contributed by atoms with Crippen LogP contribution >= 0.6 is 0 Å². The van der Waals surface area contributed by atoms with Gasteiger partial charge in [0, 0.05) is 0 Å². The van der Waals surface area contributed by atoms with E-state index < -0.39 is 41.2 Å².